The number of ether oxygens (including phenoxy) is 1. The molecule has 2 aromatic rings. The number of fused-ring (bicyclic) bond motifs is 1. The second-order valence-corrected chi connectivity index (χ2v) is 6.99. The predicted octanol–water partition coefficient (Wildman–Crippen LogP) is 2.89. The lowest BCUT2D eigenvalue weighted by Gasteiger charge is -2.34. The van der Waals surface area contributed by atoms with Crippen molar-refractivity contribution in [3.8, 4) is 0 Å². The largest absolute Gasteiger partial charge is 0.450 e. The van der Waals surface area contributed by atoms with Gasteiger partial charge in [-0.15, -0.1) is 0 Å². The Morgan fingerprint density at radius 3 is 2.81 bits per heavy atom. The molecule has 138 valence electrons. The second kappa shape index (κ2) is 7.72. The van der Waals surface area contributed by atoms with Gasteiger partial charge >= 0.3 is 5.97 Å². The van der Waals surface area contributed by atoms with E-state index in [0.717, 1.165) is 18.9 Å². The average molecular weight is 357 g/mol. The Morgan fingerprint density at radius 2 is 2.00 bits per heavy atom. The summed E-state index contributed by atoms with van der Waals surface area (Å²) in [5.74, 6) is -0.424. The predicted molar refractivity (Wildman–Crippen MR) is 96.9 cm³/mol. The SMILES string of the molecule is CC1CCCC(NC(=O)COC(=O)c2cc(=O)c3ccccc3o2)C1C. The van der Waals surface area contributed by atoms with E-state index in [1.165, 1.54) is 6.42 Å². The van der Waals surface area contributed by atoms with Gasteiger partial charge in [0.25, 0.3) is 5.91 Å². The van der Waals surface area contributed by atoms with Crippen LogP contribution < -0.4 is 10.7 Å². The first kappa shape index (κ1) is 18.2. The minimum absolute atomic E-state index is 0.101. The molecule has 1 heterocycles. The van der Waals surface area contributed by atoms with Gasteiger partial charge in [0.05, 0.1) is 5.39 Å². The lowest BCUT2D eigenvalue weighted by atomic mass is 9.78. The molecule has 1 N–H and O–H groups in total. The van der Waals surface area contributed by atoms with Crippen LogP contribution in [0.25, 0.3) is 11.0 Å². The van der Waals surface area contributed by atoms with E-state index in [1.54, 1.807) is 24.3 Å². The Bertz CT molecular complexity index is 872. The third-order valence-electron chi connectivity index (χ3n) is 5.22. The summed E-state index contributed by atoms with van der Waals surface area (Å²) in [6, 6.07) is 7.84. The number of nitrogens with one attached hydrogen (secondary N) is 1. The summed E-state index contributed by atoms with van der Waals surface area (Å²) in [5.41, 5.74) is -0.0188. The first-order valence-corrected chi connectivity index (χ1v) is 8.95. The molecule has 1 aromatic heterocycles. The second-order valence-electron chi connectivity index (χ2n) is 6.99. The normalized spacial score (nSPS) is 22.8. The third kappa shape index (κ3) is 3.95. The molecule has 1 fully saturated rings. The molecule has 0 spiro atoms. The highest BCUT2D eigenvalue weighted by molar-refractivity contribution is 5.90. The van der Waals surface area contributed by atoms with Gasteiger partial charge in [0.15, 0.2) is 12.0 Å². The first-order chi connectivity index (χ1) is 12.5. The molecule has 1 saturated carbocycles. The summed E-state index contributed by atoms with van der Waals surface area (Å²) in [7, 11) is 0. The van der Waals surface area contributed by atoms with Crippen LogP contribution in [0.4, 0.5) is 0 Å². The van der Waals surface area contributed by atoms with Crippen LogP contribution in [0.15, 0.2) is 39.5 Å². The summed E-state index contributed by atoms with van der Waals surface area (Å²) in [4.78, 5) is 36.2. The monoisotopic (exact) mass is 357 g/mol. The Hall–Kier alpha value is -2.63. The van der Waals surface area contributed by atoms with Gasteiger partial charge in [0.1, 0.15) is 5.58 Å². The van der Waals surface area contributed by atoms with Crippen molar-refractivity contribution >= 4 is 22.8 Å². The minimum atomic E-state index is -0.826. The number of benzene rings is 1. The van der Waals surface area contributed by atoms with Crippen LogP contribution in [-0.2, 0) is 9.53 Å². The molecule has 1 aliphatic rings. The van der Waals surface area contributed by atoms with E-state index < -0.39 is 12.6 Å². The Morgan fingerprint density at radius 1 is 1.23 bits per heavy atom. The lowest BCUT2D eigenvalue weighted by molar-refractivity contribution is -0.125. The quantitative estimate of drug-likeness (QED) is 0.851. The maximum atomic E-state index is 12.1. The maximum Gasteiger partial charge on any atom is 0.374 e. The fourth-order valence-corrected chi connectivity index (χ4v) is 3.44. The van der Waals surface area contributed by atoms with Gasteiger partial charge in [0, 0.05) is 12.1 Å². The van der Waals surface area contributed by atoms with Gasteiger partial charge in [-0.25, -0.2) is 4.79 Å². The number of hydrogen-bond donors (Lipinski definition) is 1. The average Bonchev–Trinajstić information content (AvgIpc) is 2.63. The molecule has 3 atom stereocenters. The van der Waals surface area contributed by atoms with Crippen LogP contribution in [0.3, 0.4) is 0 Å². The molecule has 0 bridgehead atoms. The highest BCUT2D eigenvalue weighted by atomic mass is 16.5. The number of hydrogen-bond acceptors (Lipinski definition) is 5. The van der Waals surface area contributed by atoms with Gasteiger partial charge in [0.2, 0.25) is 5.76 Å². The molecule has 0 aliphatic heterocycles. The highest BCUT2D eigenvalue weighted by Crippen LogP contribution is 2.29. The van der Waals surface area contributed by atoms with E-state index in [4.69, 9.17) is 9.15 Å². The third-order valence-corrected chi connectivity index (χ3v) is 5.22. The first-order valence-electron chi connectivity index (χ1n) is 8.95. The fourth-order valence-electron chi connectivity index (χ4n) is 3.44. The zero-order valence-electron chi connectivity index (χ0n) is 15.0. The molecule has 1 aliphatic carbocycles. The Balaban J connectivity index is 1.60. The minimum Gasteiger partial charge on any atom is -0.450 e. The van der Waals surface area contributed by atoms with E-state index in [0.29, 0.717) is 22.8 Å². The molecule has 6 nitrogen and oxygen atoms in total. The van der Waals surface area contributed by atoms with Crippen molar-refractivity contribution in [1.29, 1.82) is 0 Å². The molecule has 1 aromatic carbocycles. The summed E-state index contributed by atoms with van der Waals surface area (Å²) in [5, 5.41) is 3.33. The van der Waals surface area contributed by atoms with E-state index in [-0.39, 0.29) is 23.1 Å². The smallest absolute Gasteiger partial charge is 0.374 e. The van der Waals surface area contributed by atoms with Crippen LogP contribution in [0.5, 0.6) is 0 Å². The molecule has 0 radical (unpaired) electrons. The topological polar surface area (TPSA) is 85.6 Å². The maximum absolute atomic E-state index is 12.1. The number of para-hydroxylation sites is 1. The van der Waals surface area contributed by atoms with Gasteiger partial charge in [-0.1, -0.05) is 38.8 Å². The van der Waals surface area contributed by atoms with Gasteiger partial charge < -0.3 is 14.5 Å². The van der Waals surface area contributed by atoms with Gasteiger partial charge in [-0.05, 0) is 30.4 Å². The number of rotatable bonds is 4. The van der Waals surface area contributed by atoms with Crippen LogP contribution in [0, 0.1) is 11.8 Å². The Labute approximate surface area is 151 Å². The molecule has 6 heteroatoms. The zero-order valence-corrected chi connectivity index (χ0v) is 15.0. The van der Waals surface area contributed by atoms with Gasteiger partial charge in [-0.3, -0.25) is 9.59 Å². The zero-order chi connectivity index (χ0) is 18.7. The number of esters is 1. The van der Waals surface area contributed by atoms with Crippen molar-refractivity contribution in [3.05, 3.63) is 46.3 Å². The molecular weight excluding hydrogens is 334 g/mol. The van der Waals surface area contributed by atoms with E-state index >= 15 is 0 Å². The summed E-state index contributed by atoms with van der Waals surface area (Å²) in [6.45, 7) is 3.92. The fraction of sp³-hybridized carbons (Fsp3) is 0.450. The lowest BCUT2D eigenvalue weighted by Crippen LogP contribution is -2.45. The summed E-state index contributed by atoms with van der Waals surface area (Å²) < 4.78 is 10.4. The van der Waals surface area contributed by atoms with Crippen molar-refractivity contribution in [1.82, 2.24) is 5.32 Å². The van der Waals surface area contributed by atoms with Crippen molar-refractivity contribution in [2.75, 3.05) is 6.61 Å². The van der Waals surface area contributed by atoms with Crippen LogP contribution in [0.1, 0.15) is 43.7 Å². The highest BCUT2D eigenvalue weighted by Gasteiger charge is 2.28. The van der Waals surface area contributed by atoms with Crippen LogP contribution >= 0.6 is 0 Å². The Kier molecular flexibility index (Phi) is 5.40. The van der Waals surface area contributed by atoms with Crippen LogP contribution in [0.2, 0.25) is 0 Å². The molecular formula is C20H23NO5. The number of carbonyl (C=O) groups excluding carboxylic acids is 2. The van der Waals surface area contributed by atoms with Crippen molar-refractivity contribution in [2.45, 2.75) is 39.2 Å². The molecule has 3 unspecified atom stereocenters. The van der Waals surface area contributed by atoms with Crippen molar-refractivity contribution < 1.29 is 18.7 Å². The molecule has 3 rings (SSSR count). The van der Waals surface area contributed by atoms with E-state index in [2.05, 4.69) is 19.2 Å². The summed E-state index contributed by atoms with van der Waals surface area (Å²) >= 11 is 0. The van der Waals surface area contributed by atoms with Crippen molar-refractivity contribution in [3.63, 3.8) is 0 Å². The standard InChI is InChI=1S/C20H23NO5/c1-12-6-5-8-15(13(12)2)21-19(23)11-25-20(24)18-10-16(22)14-7-3-4-9-17(14)26-18/h3-4,7,9-10,12-13,15H,5-6,8,11H2,1-2H3,(H,21,23). The number of carbonyl (C=O) groups is 2. The molecule has 1 amide bonds. The van der Waals surface area contributed by atoms with Gasteiger partial charge in [-0.2, -0.15) is 0 Å². The molecule has 26 heavy (non-hydrogen) atoms. The van der Waals surface area contributed by atoms with E-state index in [1.807, 2.05) is 0 Å². The molecule has 0 saturated heterocycles. The van der Waals surface area contributed by atoms with E-state index in [9.17, 15) is 14.4 Å². The van der Waals surface area contributed by atoms with Crippen LogP contribution in [-0.4, -0.2) is 24.5 Å². The summed E-state index contributed by atoms with van der Waals surface area (Å²) in [6.07, 6.45) is 3.19. The van der Waals surface area contributed by atoms with Crippen molar-refractivity contribution in [2.24, 2.45) is 11.8 Å². The number of amides is 1.